The van der Waals surface area contributed by atoms with Crippen LogP contribution >= 0.6 is 0 Å². The van der Waals surface area contributed by atoms with Crippen LogP contribution in [-0.4, -0.2) is 32.5 Å². The molecule has 2 aromatic rings. The minimum Gasteiger partial charge on any atom is -0.356 e. The summed E-state index contributed by atoms with van der Waals surface area (Å²) in [5, 5.41) is 9.27. The van der Waals surface area contributed by atoms with Crippen molar-refractivity contribution in [1.29, 1.82) is 0 Å². The standard InChI is InChI=1S/C23H32N4O/c1-23(2,3)20-12-8-17(9-13-20)14-15-26-22(25-5)27-16-18-6-10-19(11-7-18)21(28)24-4/h6-13H,14-16H2,1-5H3,(H,24,28)(H2,25,26,27). The number of carbonyl (C=O) groups is 1. The molecule has 0 radical (unpaired) electrons. The van der Waals surface area contributed by atoms with E-state index < -0.39 is 0 Å². The van der Waals surface area contributed by atoms with Crippen molar-refractivity contribution in [2.45, 2.75) is 39.2 Å². The van der Waals surface area contributed by atoms with Crippen LogP contribution in [0.4, 0.5) is 0 Å². The van der Waals surface area contributed by atoms with Crippen molar-refractivity contribution in [2.24, 2.45) is 4.99 Å². The summed E-state index contributed by atoms with van der Waals surface area (Å²) in [5.74, 6) is 0.689. The second kappa shape index (κ2) is 9.93. The Bertz CT molecular complexity index is 787. The molecule has 0 aromatic heterocycles. The number of aliphatic imine (C=N–C) groups is 1. The fourth-order valence-corrected chi connectivity index (χ4v) is 2.82. The van der Waals surface area contributed by atoms with Crippen molar-refractivity contribution in [3.63, 3.8) is 0 Å². The summed E-state index contributed by atoms with van der Waals surface area (Å²) < 4.78 is 0. The number of nitrogens with one attached hydrogen (secondary N) is 3. The lowest BCUT2D eigenvalue weighted by molar-refractivity contribution is 0.0963. The summed E-state index contributed by atoms with van der Waals surface area (Å²) in [5.41, 5.74) is 4.59. The van der Waals surface area contributed by atoms with Crippen LogP contribution in [0.2, 0.25) is 0 Å². The van der Waals surface area contributed by atoms with E-state index in [0.29, 0.717) is 12.1 Å². The summed E-state index contributed by atoms with van der Waals surface area (Å²) in [6.45, 7) is 8.14. The van der Waals surface area contributed by atoms with Gasteiger partial charge in [0.25, 0.3) is 5.91 Å². The Hall–Kier alpha value is -2.82. The Morgan fingerprint density at radius 3 is 2.07 bits per heavy atom. The monoisotopic (exact) mass is 380 g/mol. The normalized spacial score (nSPS) is 11.8. The number of hydrogen-bond acceptors (Lipinski definition) is 2. The zero-order valence-electron chi connectivity index (χ0n) is 17.6. The smallest absolute Gasteiger partial charge is 0.251 e. The molecule has 5 nitrogen and oxygen atoms in total. The van der Waals surface area contributed by atoms with Gasteiger partial charge in [0, 0.05) is 32.7 Å². The Morgan fingerprint density at radius 1 is 0.929 bits per heavy atom. The molecule has 0 saturated carbocycles. The lowest BCUT2D eigenvalue weighted by Crippen LogP contribution is -2.37. The molecule has 0 atom stereocenters. The van der Waals surface area contributed by atoms with Crippen molar-refractivity contribution < 1.29 is 4.79 Å². The molecule has 0 spiro atoms. The molecule has 1 amide bonds. The fourth-order valence-electron chi connectivity index (χ4n) is 2.82. The predicted molar refractivity (Wildman–Crippen MR) is 117 cm³/mol. The van der Waals surface area contributed by atoms with E-state index >= 15 is 0 Å². The third-order valence-electron chi connectivity index (χ3n) is 4.65. The summed E-state index contributed by atoms with van der Waals surface area (Å²) in [6.07, 6.45) is 0.936. The SMILES string of the molecule is CN=C(NCCc1ccc(C(C)(C)C)cc1)NCc1ccc(C(=O)NC)cc1. The Balaban J connectivity index is 1.79. The summed E-state index contributed by atoms with van der Waals surface area (Å²) in [4.78, 5) is 15.9. The highest BCUT2D eigenvalue weighted by Gasteiger charge is 2.12. The van der Waals surface area contributed by atoms with E-state index in [4.69, 9.17) is 0 Å². The molecule has 0 heterocycles. The van der Waals surface area contributed by atoms with Gasteiger partial charge in [-0.3, -0.25) is 9.79 Å². The molecule has 2 aromatic carbocycles. The Labute approximate surface area is 168 Å². The summed E-state index contributed by atoms with van der Waals surface area (Å²) in [7, 11) is 3.40. The average Bonchev–Trinajstić information content (AvgIpc) is 2.70. The van der Waals surface area contributed by atoms with Gasteiger partial charge in [-0.25, -0.2) is 0 Å². The Kier molecular flexibility index (Phi) is 7.61. The van der Waals surface area contributed by atoms with Gasteiger partial charge in [0.05, 0.1) is 0 Å². The average molecular weight is 381 g/mol. The highest BCUT2D eigenvalue weighted by Crippen LogP contribution is 2.22. The van der Waals surface area contributed by atoms with Crippen molar-refractivity contribution in [2.75, 3.05) is 20.6 Å². The molecular weight excluding hydrogens is 348 g/mol. The third kappa shape index (κ3) is 6.41. The highest BCUT2D eigenvalue weighted by atomic mass is 16.1. The van der Waals surface area contributed by atoms with Gasteiger partial charge < -0.3 is 16.0 Å². The van der Waals surface area contributed by atoms with Gasteiger partial charge in [-0.2, -0.15) is 0 Å². The van der Waals surface area contributed by atoms with Crippen LogP contribution in [0.5, 0.6) is 0 Å². The molecule has 0 bridgehead atoms. The molecule has 150 valence electrons. The van der Waals surface area contributed by atoms with E-state index in [1.807, 2.05) is 24.3 Å². The first-order chi connectivity index (χ1) is 13.3. The van der Waals surface area contributed by atoms with E-state index in [1.54, 1.807) is 14.1 Å². The number of nitrogens with zero attached hydrogens (tertiary/aromatic N) is 1. The maximum absolute atomic E-state index is 11.6. The lowest BCUT2D eigenvalue weighted by Gasteiger charge is -2.19. The number of hydrogen-bond donors (Lipinski definition) is 3. The highest BCUT2D eigenvalue weighted by molar-refractivity contribution is 5.93. The number of guanidine groups is 1. The number of carbonyl (C=O) groups excluding carboxylic acids is 1. The number of rotatable bonds is 6. The third-order valence-corrected chi connectivity index (χ3v) is 4.65. The predicted octanol–water partition coefficient (Wildman–Crippen LogP) is 3.25. The van der Waals surface area contributed by atoms with Crippen LogP contribution in [0.1, 0.15) is 47.8 Å². The van der Waals surface area contributed by atoms with Crippen molar-refractivity contribution in [3.8, 4) is 0 Å². The van der Waals surface area contributed by atoms with Crippen LogP contribution in [0.3, 0.4) is 0 Å². The van der Waals surface area contributed by atoms with Gasteiger partial charge in [-0.1, -0.05) is 57.2 Å². The van der Waals surface area contributed by atoms with Gasteiger partial charge in [0.2, 0.25) is 0 Å². The van der Waals surface area contributed by atoms with Crippen molar-refractivity contribution >= 4 is 11.9 Å². The van der Waals surface area contributed by atoms with E-state index in [2.05, 4.69) is 66.0 Å². The van der Waals surface area contributed by atoms with Gasteiger partial charge in [0.15, 0.2) is 5.96 Å². The minimum absolute atomic E-state index is 0.0764. The summed E-state index contributed by atoms with van der Waals surface area (Å²) >= 11 is 0. The molecule has 0 fully saturated rings. The van der Waals surface area contributed by atoms with E-state index in [1.165, 1.54) is 11.1 Å². The summed E-state index contributed by atoms with van der Waals surface area (Å²) in [6, 6.07) is 16.4. The van der Waals surface area contributed by atoms with Crippen LogP contribution in [0, 0.1) is 0 Å². The maximum Gasteiger partial charge on any atom is 0.251 e. The number of benzene rings is 2. The zero-order chi connectivity index (χ0) is 20.6. The molecule has 2 rings (SSSR count). The Morgan fingerprint density at radius 2 is 1.54 bits per heavy atom. The first-order valence-corrected chi connectivity index (χ1v) is 9.68. The second-order valence-electron chi connectivity index (χ2n) is 7.83. The zero-order valence-corrected chi connectivity index (χ0v) is 17.6. The molecule has 28 heavy (non-hydrogen) atoms. The van der Waals surface area contributed by atoms with Gasteiger partial charge in [-0.15, -0.1) is 0 Å². The number of amides is 1. The topological polar surface area (TPSA) is 65.5 Å². The quantitative estimate of drug-likeness (QED) is 0.532. The van der Waals surface area contributed by atoms with E-state index in [9.17, 15) is 4.79 Å². The molecule has 5 heteroatoms. The van der Waals surface area contributed by atoms with Crippen LogP contribution in [0.25, 0.3) is 0 Å². The molecular formula is C23H32N4O. The first-order valence-electron chi connectivity index (χ1n) is 9.68. The van der Waals surface area contributed by atoms with Crippen molar-refractivity contribution in [1.82, 2.24) is 16.0 Å². The molecule has 0 aliphatic carbocycles. The molecule has 0 saturated heterocycles. The maximum atomic E-state index is 11.6. The molecule has 0 aliphatic rings. The first kappa shape index (κ1) is 21.5. The lowest BCUT2D eigenvalue weighted by atomic mass is 9.86. The fraction of sp³-hybridized carbons (Fsp3) is 0.391. The largest absolute Gasteiger partial charge is 0.356 e. The minimum atomic E-state index is -0.0764. The van der Waals surface area contributed by atoms with Crippen LogP contribution in [0.15, 0.2) is 53.5 Å². The van der Waals surface area contributed by atoms with E-state index in [-0.39, 0.29) is 11.3 Å². The molecule has 3 N–H and O–H groups in total. The second-order valence-corrected chi connectivity index (χ2v) is 7.83. The van der Waals surface area contributed by atoms with E-state index in [0.717, 1.165) is 24.5 Å². The molecule has 0 aliphatic heterocycles. The van der Waals surface area contributed by atoms with Crippen molar-refractivity contribution in [3.05, 3.63) is 70.8 Å². The van der Waals surface area contributed by atoms with Crippen LogP contribution < -0.4 is 16.0 Å². The van der Waals surface area contributed by atoms with Gasteiger partial charge >= 0.3 is 0 Å². The van der Waals surface area contributed by atoms with Gasteiger partial charge in [-0.05, 0) is 40.7 Å². The van der Waals surface area contributed by atoms with Crippen LogP contribution in [-0.2, 0) is 18.4 Å². The molecule has 0 unspecified atom stereocenters. The van der Waals surface area contributed by atoms with Gasteiger partial charge in [0.1, 0.15) is 0 Å².